The molecule has 0 aromatic heterocycles. The first kappa shape index (κ1) is 15.2. The van der Waals surface area contributed by atoms with Gasteiger partial charge in [0.25, 0.3) is 5.91 Å². The first-order chi connectivity index (χ1) is 10.6. The summed E-state index contributed by atoms with van der Waals surface area (Å²) in [5, 5.41) is 16.0. The summed E-state index contributed by atoms with van der Waals surface area (Å²) in [6.07, 6.45) is 1.36. The molecule has 3 N–H and O–H groups in total. The van der Waals surface area contributed by atoms with Crippen LogP contribution in [0.15, 0.2) is 53.6 Å². The molecular weight excluding hydrogens is 282 g/mol. The molecular formula is C16H15N3O3. The number of rotatable bonds is 4. The van der Waals surface area contributed by atoms with E-state index in [1.165, 1.54) is 19.2 Å². The van der Waals surface area contributed by atoms with Gasteiger partial charge in [-0.05, 0) is 36.4 Å². The van der Waals surface area contributed by atoms with Crippen LogP contribution >= 0.6 is 0 Å². The average molecular weight is 297 g/mol. The standard InChI is InChI=1S/C16H15N3O3/c1-11(20)18-14-8-6-12(7-9-14)16(22)19-17-10-13-4-2-3-5-15(13)21/h2-10,21H,1H3,(H,18,20)(H,19,22). The third-order valence-corrected chi connectivity index (χ3v) is 2.77. The van der Waals surface area contributed by atoms with Crippen LogP contribution in [0.3, 0.4) is 0 Å². The average Bonchev–Trinajstić information content (AvgIpc) is 2.49. The lowest BCUT2D eigenvalue weighted by Gasteiger charge is -2.03. The summed E-state index contributed by atoms with van der Waals surface area (Å²) in [7, 11) is 0. The maximum Gasteiger partial charge on any atom is 0.271 e. The van der Waals surface area contributed by atoms with E-state index in [4.69, 9.17) is 0 Å². The maximum atomic E-state index is 11.9. The van der Waals surface area contributed by atoms with Crippen molar-refractivity contribution in [3.63, 3.8) is 0 Å². The number of hydrazone groups is 1. The number of benzene rings is 2. The van der Waals surface area contributed by atoms with E-state index in [9.17, 15) is 14.7 Å². The minimum Gasteiger partial charge on any atom is -0.507 e. The number of phenolic OH excluding ortho intramolecular Hbond substituents is 1. The molecule has 0 atom stereocenters. The van der Waals surface area contributed by atoms with Crippen LogP contribution < -0.4 is 10.7 Å². The number of anilines is 1. The Balaban J connectivity index is 1.97. The lowest BCUT2D eigenvalue weighted by atomic mass is 10.2. The predicted octanol–water partition coefficient (Wildman–Crippen LogP) is 2.11. The van der Waals surface area contributed by atoms with Crippen molar-refractivity contribution in [2.24, 2.45) is 5.10 Å². The molecule has 0 unspecified atom stereocenters. The second-order valence-electron chi connectivity index (χ2n) is 4.52. The first-order valence-corrected chi connectivity index (χ1v) is 6.55. The largest absolute Gasteiger partial charge is 0.507 e. The van der Waals surface area contributed by atoms with Gasteiger partial charge < -0.3 is 10.4 Å². The van der Waals surface area contributed by atoms with Crippen molar-refractivity contribution in [2.45, 2.75) is 6.92 Å². The van der Waals surface area contributed by atoms with Gasteiger partial charge in [0, 0.05) is 23.7 Å². The molecule has 0 aliphatic carbocycles. The van der Waals surface area contributed by atoms with E-state index < -0.39 is 0 Å². The van der Waals surface area contributed by atoms with E-state index in [1.807, 2.05) is 0 Å². The van der Waals surface area contributed by atoms with Crippen molar-refractivity contribution >= 4 is 23.7 Å². The number of para-hydroxylation sites is 1. The zero-order valence-corrected chi connectivity index (χ0v) is 11.9. The molecule has 2 rings (SSSR count). The quantitative estimate of drug-likeness (QED) is 0.596. The number of hydrogen-bond acceptors (Lipinski definition) is 4. The highest BCUT2D eigenvalue weighted by Gasteiger charge is 2.04. The van der Waals surface area contributed by atoms with Gasteiger partial charge >= 0.3 is 0 Å². The molecule has 0 aliphatic heterocycles. The summed E-state index contributed by atoms with van der Waals surface area (Å²) in [6.45, 7) is 1.41. The monoisotopic (exact) mass is 297 g/mol. The number of carbonyl (C=O) groups excluding carboxylic acids is 2. The second kappa shape index (κ2) is 7.03. The minimum atomic E-state index is -0.388. The highest BCUT2D eigenvalue weighted by atomic mass is 16.3. The van der Waals surface area contributed by atoms with Crippen LogP contribution in [0.4, 0.5) is 5.69 Å². The van der Waals surface area contributed by atoms with Crippen molar-refractivity contribution in [1.29, 1.82) is 0 Å². The molecule has 0 bridgehead atoms. The number of carbonyl (C=O) groups is 2. The van der Waals surface area contributed by atoms with Gasteiger partial charge in [0.1, 0.15) is 5.75 Å². The summed E-state index contributed by atoms with van der Waals surface area (Å²) < 4.78 is 0. The summed E-state index contributed by atoms with van der Waals surface area (Å²) in [6, 6.07) is 13.1. The highest BCUT2D eigenvalue weighted by molar-refractivity contribution is 5.96. The molecule has 0 spiro atoms. The number of nitrogens with one attached hydrogen (secondary N) is 2. The van der Waals surface area contributed by atoms with Crippen LogP contribution in [0.5, 0.6) is 5.75 Å². The molecule has 2 aromatic carbocycles. The van der Waals surface area contributed by atoms with Crippen LogP contribution in [0.1, 0.15) is 22.8 Å². The summed E-state index contributed by atoms with van der Waals surface area (Å²) in [5.41, 5.74) is 3.89. The Morgan fingerprint density at radius 2 is 1.77 bits per heavy atom. The van der Waals surface area contributed by atoms with Crippen LogP contribution in [0, 0.1) is 0 Å². The summed E-state index contributed by atoms with van der Waals surface area (Å²) in [5.74, 6) is -0.481. The fraction of sp³-hybridized carbons (Fsp3) is 0.0625. The Morgan fingerprint density at radius 1 is 1.09 bits per heavy atom. The lowest BCUT2D eigenvalue weighted by molar-refractivity contribution is -0.114. The molecule has 0 fully saturated rings. The fourth-order valence-corrected chi connectivity index (χ4v) is 1.73. The third-order valence-electron chi connectivity index (χ3n) is 2.77. The van der Waals surface area contributed by atoms with Gasteiger partial charge in [0.15, 0.2) is 0 Å². The number of nitrogens with zero attached hydrogens (tertiary/aromatic N) is 1. The maximum absolute atomic E-state index is 11.9. The van der Waals surface area contributed by atoms with E-state index in [1.54, 1.807) is 42.5 Å². The van der Waals surface area contributed by atoms with Gasteiger partial charge in [0.05, 0.1) is 6.21 Å². The molecule has 2 amide bonds. The van der Waals surface area contributed by atoms with E-state index in [0.717, 1.165) is 0 Å². The van der Waals surface area contributed by atoms with Crippen LogP contribution in [0.2, 0.25) is 0 Å². The Labute approximate surface area is 127 Å². The van der Waals surface area contributed by atoms with Crippen LogP contribution in [-0.4, -0.2) is 23.1 Å². The van der Waals surface area contributed by atoms with Gasteiger partial charge in [-0.1, -0.05) is 12.1 Å². The Hall–Kier alpha value is -3.15. The molecule has 6 heteroatoms. The fourth-order valence-electron chi connectivity index (χ4n) is 1.73. The van der Waals surface area contributed by atoms with Crippen LogP contribution in [0.25, 0.3) is 0 Å². The lowest BCUT2D eigenvalue weighted by Crippen LogP contribution is -2.17. The molecule has 0 radical (unpaired) electrons. The van der Waals surface area contributed by atoms with Gasteiger partial charge in [0.2, 0.25) is 5.91 Å². The van der Waals surface area contributed by atoms with Crippen LogP contribution in [-0.2, 0) is 4.79 Å². The zero-order chi connectivity index (χ0) is 15.9. The summed E-state index contributed by atoms with van der Waals surface area (Å²) >= 11 is 0. The molecule has 22 heavy (non-hydrogen) atoms. The topological polar surface area (TPSA) is 90.8 Å². The van der Waals surface area contributed by atoms with Crippen molar-refractivity contribution in [3.05, 3.63) is 59.7 Å². The zero-order valence-electron chi connectivity index (χ0n) is 11.9. The number of amides is 2. The van der Waals surface area contributed by atoms with E-state index in [-0.39, 0.29) is 17.6 Å². The first-order valence-electron chi connectivity index (χ1n) is 6.55. The molecule has 6 nitrogen and oxygen atoms in total. The molecule has 0 saturated heterocycles. The SMILES string of the molecule is CC(=O)Nc1ccc(C(=O)NN=Cc2ccccc2O)cc1. The minimum absolute atomic E-state index is 0.0835. The van der Waals surface area contributed by atoms with Crippen molar-refractivity contribution in [1.82, 2.24) is 5.43 Å². The molecule has 112 valence electrons. The Morgan fingerprint density at radius 3 is 2.41 bits per heavy atom. The van der Waals surface area contributed by atoms with Gasteiger partial charge in [-0.2, -0.15) is 5.10 Å². The van der Waals surface area contributed by atoms with Crippen molar-refractivity contribution < 1.29 is 14.7 Å². The highest BCUT2D eigenvalue weighted by Crippen LogP contribution is 2.12. The van der Waals surface area contributed by atoms with E-state index in [2.05, 4.69) is 15.8 Å². The Kier molecular flexibility index (Phi) is 4.87. The molecule has 2 aromatic rings. The smallest absolute Gasteiger partial charge is 0.271 e. The third kappa shape index (κ3) is 4.17. The van der Waals surface area contributed by atoms with Gasteiger partial charge in [-0.3, -0.25) is 9.59 Å². The number of aromatic hydroxyl groups is 1. The van der Waals surface area contributed by atoms with Gasteiger partial charge in [-0.25, -0.2) is 5.43 Å². The van der Waals surface area contributed by atoms with E-state index >= 15 is 0 Å². The predicted molar refractivity (Wildman–Crippen MR) is 83.9 cm³/mol. The normalized spacial score (nSPS) is 10.4. The van der Waals surface area contributed by atoms with Crippen molar-refractivity contribution in [3.8, 4) is 5.75 Å². The number of phenols is 1. The molecule has 0 heterocycles. The van der Waals surface area contributed by atoms with E-state index in [0.29, 0.717) is 16.8 Å². The Bertz CT molecular complexity index is 709. The van der Waals surface area contributed by atoms with Gasteiger partial charge in [-0.15, -0.1) is 0 Å². The molecule has 0 saturated carbocycles. The summed E-state index contributed by atoms with van der Waals surface area (Å²) in [4.78, 5) is 22.8. The van der Waals surface area contributed by atoms with Crippen molar-refractivity contribution in [2.75, 3.05) is 5.32 Å². The number of hydrogen-bond donors (Lipinski definition) is 3. The molecule has 0 aliphatic rings. The second-order valence-corrected chi connectivity index (χ2v) is 4.52.